The SMILES string of the molecule is CCCCCCn1nnc(CCCC)c1C(F)(F)C(F)(F)F. The highest BCUT2D eigenvalue weighted by Gasteiger charge is 2.61. The van der Waals surface area contributed by atoms with Crippen molar-refractivity contribution in [2.45, 2.75) is 77.4 Å². The predicted octanol–water partition coefficient (Wildman–Crippen LogP) is 4.86. The Kier molecular flexibility index (Phi) is 6.74. The third-order valence-electron chi connectivity index (χ3n) is 3.45. The Labute approximate surface area is 126 Å². The molecule has 1 aromatic heterocycles. The monoisotopic (exact) mass is 327 g/mol. The molecule has 1 heterocycles. The Hall–Kier alpha value is -1.21. The van der Waals surface area contributed by atoms with Crippen molar-refractivity contribution in [2.75, 3.05) is 0 Å². The molecule has 0 aliphatic carbocycles. The van der Waals surface area contributed by atoms with Crippen molar-refractivity contribution < 1.29 is 22.0 Å². The maximum absolute atomic E-state index is 13.8. The van der Waals surface area contributed by atoms with Gasteiger partial charge in [0.05, 0.1) is 5.69 Å². The van der Waals surface area contributed by atoms with Crippen LogP contribution in [-0.4, -0.2) is 21.2 Å². The maximum Gasteiger partial charge on any atom is 0.459 e. The Morgan fingerprint density at radius 3 is 2.09 bits per heavy atom. The van der Waals surface area contributed by atoms with Crippen LogP contribution in [0.15, 0.2) is 0 Å². The quantitative estimate of drug-likeness (QED) is 0.479. The van der Waals surface area contributed by atoms with E-state index in [2.05, 4.69) is 10.3 Å². The Bertz CT molecular complexity index is 454. The minimum Gasteiger partial charge on any atom is -0.243 e. The number of halogens is 5. The number of alkyl halides is 5. The maximum atomic E-state index is 13.8. The molecule has 0 saturated heterocycles. The lowest BCUT2D eigenvalue weighted by atomic mass is 10.1. The summed E-state index contributed by atoms with van der Waals surface area (Å²) in [4.78, 5) is 0. The summed E-state index contributed by atoms with van der Waals surface area (Å²) in [6, 6.07) is 0. The molecule has 3 nitrogen and oxygen atoms in total. The molecule has 0 fully saturated rings. The molecule has 0 spiro atoms. The number of aryl methyl sites for hydroxylation is 2. The molecule has 0 amide bonds. The Morgan fingerprint density at radius 2 is 1.55 bits per heavy atom. The molecule has 0 bridgehead atoms. The first-order valence-electron chi connectivity index (χ1n) is 7.63. The number of unbranched alkanes of at least 4 members (excludes halogenated alkanes) is 4. The van der Waals surface area contributed by atoms with Crippen LogP contribution in [0.5, 0.6) is 0 Å². The summed E-state index contributed by atoms with van der Waals surface area (Å²) < 4.78 is 66.4. The molecule has 128 valence electrons. The highest BCUT2D eigenvalue weighted by molar-refractivity contribution is 5.18. The van der Waals surface area contributed by atoms with Crippen molar-refractivity contribution in [3.8, 4) is 0 Å². The van der Waals surface area contributed by atoms with E-state index in [1.807, 2.05) is 13.8 Å². The van der Waals surface area contributed by atoms with E-state index in [1.165, 1.54) is 0 Å². The second kappa shape index (κ2) is 7.87. The number of nitrogens with zero attached hydrogens (tertiary/aromatic N) is 3. The lowest BCUT2D eigenvalue weighted by Crippen LogP contribution is -2.37. The van der Waals surface area contributed by atoms with Gasteiger partial charge in [0.1, 0.15) is 5.69 Å². The fourth-order valence-electron chi connectivity index (χ4n) is 2.18. The zero-order valence-corrected chi connectivity index (χ0v) is 12.9. The van der Waals surface area contributed by atoms with Gasteiger partial charge in [-0.2, -0.15) is 22.0 Å². The van der Waals surface area contributed by atoms with Gasteiger partial charge in [-0.3, -0.25) is 0 Å². The van der Waals surface area contributed by atoms with E-state index >= 15 is 0 Å². The first-order valence-corrected chi connectivity index (χ1v) is 7.63. The van der Waals surface area contributed by atoms with E-state index in [-0.39, 0.29) is 18.7 Å². The summed E-state index contributed by atoms with van der Waals surface area (Å²) in [5.41, 5.74) is -1.34. The van der Waals surface area contributed by atoms with Crippen LogP contribution in [-0.2, 0) is 18.9 Å². The van der Waals surface area contributed by atoms with Crippen molar-refractivity contribution >= 4 is 0 Å². The first kappa shape index (κ1) is 18.8. The van der Waals surface area contributed by atoms with Crippen LogP contribution in [0, 0.1) is 0 Å². The Morgan fingerprint density at radius 1 is 0.909 bits per heavy atom. The Balaban J connectivity index is 3.04. The molecule has 1 aromatic rings. The van der Waals surface area contributed by atoms with Crippen LogP contribution in [0.4, 0.5) is 22.0 Å². The van der Waals surface area contributed by atoms with Gasteiger partial charge in [-0.05, 0) is 19.3 Å². The molecule has 1 rings (SSSR count). The minimum absolute atomic E-state index is 0.0279. The van der Waals surface area contributed by atoms with Crippen LogP contribution in [0.1, 0.15) is 63.8 Å². The topological polar surface area (TPSA) is 30.7 Å². The average molecular weight is 327 g/mol. The fourth-order valence-corrected chi connectivity index (χ4v) is 2.18. The van der Waals surface area contributed by atoms with Crippen molar-refractivity contribution in [3.05, 3.63) is 11.4 Å². The number of aromatic nitrogens is 3. The molecule has 0 aromatic carbocycles. The summed E-state index contributed by atoms with van der Waals surface area (Å²) in [5, 5.41) is 7.10. The molecule has 0 N–H and O–H groups in total. The van der Waals surface area contributed by atoms with Crippen LogP contribution in [0.25, 0.3) is 0 Å². The smallest absolute Gasteiger partial charge is 0.243 e. The van der Waals surface area contributed by atoms with E-state index in [1.54, 1.807) is 0 Å². The number of hydrogen-bond acceptors (Lipinski definition) is 2. The van der Waals surface area contributed by atoms with Gasteiger partial charge in [0, 0.05) is 6.54 Å². The summed E-state index contributed by atoms with van der Waals surface area (Å²) >= 11 is 0. The van der Waals surface area contributed by atoms with Gasteiger partial charge < -0.3 is 0 Å². The highest BCUT2D eigenvalue weighted by Crippen LogP contribution is 2.44. The van der Waals surface area contributed by atoms with Crippen molar-refractivity contribution in [2.24, 2.45) is 0 Å². The first-order chi connectivity index (χ1) is 10.3. The molecular formula is C14H22F5N3. The zero-order valence-electron chi connectivity index (χ0n) is 12.9. The van der Waals surface area contributed by atoms with Gasteiger partial charge in [0.15, 0.2) is 0 Å². The zero-order chi connectivity index (χ0) is 16.8. The van der Waals surface area contributed by atoms with Crippen LogP contribution in [0.2, 0.25) is 0 Å². The summed E-state index contributed by atoms with van der Waals surface area (Å²) in [6.45, 7) is 3.85. The van der Waals surface area contributed by atoms with E-state index in [4.69, 9.17) is 0 Å². The second-order valence-corrected chi connectivity index (χ2v) is 5.34. The van der Waals surface area contributed by atoms with Crippen LogP contribution >= 0.6 is 0 Å². The van der Waals surface area contributed by atoms with E-state index in [0.717, 1.165) is 23.9 Å². The van der Waals surface area contributed by atoms with Gasteiger partial charge in [0.25, 0.3) is 0 Å². The van der Waals surface area contributed by atoms with Gasteiger partial charge in [-0.15, -0.1) is 5.10 Å². The normalized spacial score (nSPS) is 12.9. The molecule has 0 aliphatic rings. The summed E-state index contributed by atoms with van der Waals surface area (Å²) in [7, 11) is 0. The van der Waals surface area contributed by atoms with Gasteiger partial charge in [-0.25, -0.2) is 4.68 Å². The lowest BCUT2D eigenvalue weighted by Gasteiger charge is -2.21. The van der Waals surface area contributed by atoms with Gasteiger partial charge in [-0.1, -0.05) is 44.7 Å². The molecule has 0 aliphatic heterocycles. The van der Waals surface area contributed by atoms with Crippen LogP contribution in [0.3, 0.4) is 0 Å². The average Bonchev–Trinajstić information content (AvgIpc) is 2.83. The van der Waals surface area contributed by atoms with E-state index in [0.29, 0.717) is 19.3 Å². The van der Waals surface area contributed by atoms with E-state index in [9.17, 15) is 22.0 Å². The van der Waals surface area contributed by atoms with E-state index < -0.39 is 17.8 Å². The molecule has 0 radical (unpaired) electrons. The molecule has 8 heteroatoms. The third-order valence-corrected chi connectivity index (χ3v) is 3.45. The minimum atomic E-state index is -5.64. The van der Waals surface area contributed by atoms with Crippen molar-refractivity contribution in [3.63, 3.8) is 0 Å². The fraction of sp³-hybridized carbons (Fsp3) is 0.857. The molecular weight excluding hydrogens is 305 g/mol. The van der Waals surface area contributed by atoms with Crippen LogP contribution < -0.4 is 0 Å². The van der Waals surface area contributed by atoms with Crippen molar-refractivity contribution in [1.82, 2.24) is 15.0 Å². The lowest BCUT2D eigenvalue weighted by molar-refractivity contribution is -0.292. The molecule has 22 heavy (non-hydrogen) atoms. The third kappa shape index (κ3) is 4.39. The molecule has 0 saturated carbocycles. The number of rotatable bonds is 9. The summed E-state index contributed by atoms with van der Waals surface area (Å²) in [5.74, 6) is -4.93. The number of hydrogen-bond donors (Lipinski definition) is 0. The predicted molar refractivity (Wildman–Crippen MR) is 72.7 cm³/mol. The van der Waals surface area contributed by atoms with Crippen molar-refractivity contribution in [1.29, 1.82) is 0 Å². The second-order valence-electron chi connectivity index (χ2n) is 5.34. The van der Waals surface area contributed by atoms with Gasteiger partial charge >= 0.3 is 12.1 Å². The summed E-state index contributed by atoms with van der Waals surface area (Å²) in [6.07, 6.45) is -1.27. The van der Waals surface area contributed by atoms with Gasteiger partial charge in [0.2, 0.25) is 0 Å². The highest BCUT2D eigenvalue weighted by atomic mass is 19.4. The molecule has 0 atom stereocenters. The largest absolute Gasteiger partial charge is 0.459 e. The molecule has 0 unspecified atom stereocenters. The standard InChI is InChI=1S/C14H22F5N3/c1-3-5-7-8-10-22-12(13(15,16)14(17,18)19)11(20-21-22)9-6-4-2/h3-10H2,1-2H3.